The van der Waals surface area contributed by atoms with E-state index in [1.807, 2.05) is 6.92 Å². The van der Waals surface area contributed by atoms with Gasteiger partial charge in [-0.15, -0.1) is 0 Å². The van der Waals surface area contributed by atoms with Crippen molar-refractivity contribution in [3.63, 3.8) is 0 Å². The topological polar surface area (TPSA) is 21.8 Å². The van der Waals surface area contributed by atoms with Gasteiger partial charge in [-0.2, -0.15) is 0 Å². The molecule has 2 rings (SSSR count). The number of aryl methyl sites for hydroxylation is 3. The van der Waals surface area contributed by atoms with Crippen molar-refractivity contribution in [3.05, 3.63) is 28.8 Å². The Morgan fingerprint density at radius 1 is 1.11 bits per heavy atom. The maximum absolute atomic E-state index is 5.62. The first-order valence-electron chi connectivity index (χ1n) is 7.04. The third-order valence-corrected chi connectivity index (χ3v) is 3.72. The van der Waals surface area contributed by atoms with Crippen LogP contribution in [0.3, 0.4) is 0 Å². The standard InChI is InChI=1S/C16H24O2/c1-5-14-15(18-14)8-7-13-9-12(4)16(17-6-2)10-11(13)3/h9-10,14-15H,5-8H2,1-4H3. The summed E-state index contributed by atoms with van der Waals surface area (Å²) < 4.78 is 11.2. The lowest BCUT2D eigenvalue weighted by Gasteiger charge is -2.12. The molecule has 0 bridgehead atoms. The molecule has 1 aromatic rings. The first-order chi connectivity index (χ1) is 8.65. The van der Waals surface area contributed by atoms with Gasteiger partial charge in [-0.05, 0) is 62.8 Å². The van der Waals surface area contributed by atoms with Gasteiger partial charge in [-0.1, -0.05) is 13.0 Å². The Labute approximate surface area is 110 Å². The van der Waals surface area contributed by atoms with Gasteiger partial charge in [0, 0.05) is 0 Å². The van der Waals surface area contributed by atoms with Gasteiger partial charge in [-0.3, -0.25) is 0 Å². The number of ether oxygens (including phenoxy) is 2. The molecule has 18 heavy (non-hydrogen) atoms. The Hall–Kier alpha value is -1.02. The molecular weight excluding hydrogens is 224 g/mol. The SMILES string of the molecule is CCOc1cc(C)c(CCC2OC2CC)cc1C. The normalized spacial score (nSPS) is 22.0. The fraction of sp³-hybridized carbons (Fsp3) is 0.625. The quantitative estimate of drug-likeness (QED) is 0.714. The molecule has 1 heterocycles. The van der Waals surface area contributed by atoms with Gasteiger partial charge in [0.1, 0.15) is 5.75 Å². The average Bonchev–Trinajstić information content (AvgIpc) is 3.10. The number of hydrogen-bond acceptors (Lipinski definition) is 2. The monoisotopic (exact) mass is 248 g/mol. The molecule has 1 aromatic carbocycles. The molecule has 0 saturated carbocycles. The second kappa shape index (κ2) is 5.75. The molecule has 0 aliphatic carbocycles. The second-order valence-electron chi connectivity index (χ2n) is 5.14. The highest BCUT2D eigenvalue weighted by molar-refractivity contribution is 5.41. The summed E-state index contributed by atoms with van der Waals surface area (Å²) in [5.41, 5.74) is 4.00. The van der Waals surface area contributed by atoms with Crippen molar-refractivity contribution in [1.82, 2.24) is 0 Å². The van der Waals surface area contributed by atoms with E-state index in [1.165, 1.54) is 16.7 Å². The lowest BCUT2D eigenvalue weighted by Crippen LogP contribution is -2.00. The van der Waals surface area contributed by atoms with E-state index in [9.17, 15) is 0 Å². The molecule has 0 N–H and O–H groups in total. The number of benzene rings is 1. The van der Waals surface area contributed by atoms with Crippen LogP contribution in [-0.4, -0.2) is 18.8 Å². The van der Waals surface area contributed by atoms with Crippen LogP contribution < -0.4 is 4.74 Å². The Balaban J connectivity index is 1.98. The lowest BCUT2D eigenvalue weighted by atomic mass is 9.99. The zero-order chi connectivity index (χ0) is 13.1. The van der Waals surface area contributed by atoms with Gasteiger partial charge in [0.2, 0.25) is 0 Å². The average molecular weight is 248 g/mol. The summed E-state index contributed by atoms with van der Waals surface area (Å²) in [4.78, 5) is 0. The summed E-state index contributed by atoms with van der Waals surface area (Å²) in [5, 5.41) is 0. The minimum Gasteiger partial charge on any atom is -0.494 e. The molecule has 1 aliphatic rings. The first kappa shape index (κ1) is 13.4. The van der Waals surface area contributed by atoms with Crippen LogP contribution in [-0.2, 0) is 11.2 Å². The number of rotatable bonds is 6. The predicted molar refractivity (Wildman–Crippen MR) is 74.4 cm³/mol. The van der Waals surface area contributed by atoms with Gasteiger partial charge in [-0.25, -0.2) is 0 Å². The van der Waals surface area contributed by atoms with Gasteiger partial charge in [0.15, 0.2) is 0 Å². The van der Waals surface area contributed by atoms with Crippen LogP contribution in [0, 0.1) is 13.8 Å². The summed E-state index contributed by atoms with van der Waals surface area (Å²) in [5.74, 6) is 1.02. The van der Waals surface area contributed by atoms with E-state index in [4.69, 9.17) is 9.47 Å². The van der Waals surface area contributed by atoms with E-state index in [1.54, 1.807) is 0 Å². The van der Waals surface area contributed by atoms with Crippen molar-refractivity contribution in [2.24, 2.45) is 0 Å². The molecule has 2 heteroatoms. The maximum Gasteiger partial charge on any atom is 0.122 e. The third-order valence-electron chi connectivity index (χ3n) is 3.72. The molecule has 0 radical (unpaired) electrons. The summed E-state index contributed by atoms with van der Waals surface area (Å²) in [6.45, 7) is 9.24. The number of epoxide rings is 1. The van der Waals surface area contributed by atoms with Crippen LogP contribution in [0.4, 0.5) is 0 Å². The van der Waals surface area contributed by atoms with E-state index in [0.29, 0.717) is 12.2 Å². The summed E-state index contributed by atoms with van der Waals surface area (Å²) in [6.07, 6.45) is 4.43. The highest BCUT2D eigenvalue weighted by Crippen LogP contribution is 2.30. The second-order valence-corrected chi connectivity index (χ2v) is 5.14. The zero-order valence-corrected chi connectivity index (χ0v) is 12.0. The minimum atomic E-state index is 0.501. The van der Waals surface area contributed by atoms with Crippen LogP contribution in [0.1, 0.15) is 43.4 Å². The first-order valence-corrected chi connectivity index (χ1v) is 7.04. The van der Waals surface area contributed by atoms with Crippen LogP contribution in [0.5, 0.6) is 5.75 Å². The highest BCUT2D eigenvalue weighted by atomic mass is 16.6. The molecule has 2 unspecified atom stereocenters. The molecule has 0 amide bonds. The van der Waals surface area contributed by atoms with E-state index < -0.39 is 0 Å². The third kappa shape index (κ3) is 3.05. The van der Waals surface area contributed by atoms with Crippen molar-refractivity contribution in [1.29, 1.82) is 0 Å². The fourth-order valence-corrected chi connectivity index (χ4v) is 2.52. The van der Waals surface area contributed by atoms with Gasteiger partial charge < -0.3 is 9.47 Å². The summed E-state index contributed by atoms with van der Waals surface area (Å²) in [7, 11) is 0. The van der Waals surface area contributed by atoms with Crippen LogP contribution in [0.25, 0.3) is 0 Å². The van der Waals surface area contributed by atoms with Crippen molar-refractivity contribution < 1.29 is 9.47 Å². The van der Waals surface area contributed by atoms with Crippen molar-refractivity contribution in [3.8, 4) is 5.75 Å². The van der Waals surface area contributed by atoms with Gasteiger partial charge in [0.05, 0.1) is 18.8 Å². The van der Waals surface area contributed by atoms with Crippen molar-refractivity contribution >= 4 is 0 Å². The van der Waals surface area contributed by atoms with Gasteiger partial charge in [0.25, 0.3) is 0 Å². The molecule has 2 atom stereocenters. The Kier molecular flexibility index (Phi) is 4.28. The summed E-state index contributed by atoms with van der Waals surface area (Å²) >= 11 is 0. The minimum absolute atomic E-state index is 0.501. The molecule has 100 valence electrons. The fourth-order valence-electron chi connectivity index (χ4n) is 2.52. The Bertz CT molecular complexity index is 412. The smallest absolute Gasteiger partial charge is 0.122 e. The van der Waals surface area contributed by atoms with Gasteiger partial charge >= 0.3 is 0 Å². The predicted octanol–water partition coefficient (Wildman–Crippen LogP) is 3.81. The molecule has 1 saturated heterocycles. The molecule has 2 nitrogen and oxygen atoms in total. The van der Waals surface area contributed by atoms with E-state index in [2.05, 4.69) is 32.9 Å². The van der Waals surface area contributed by atoms with Crippen LogP contribution in [0.15, 0.2) is 12.1 Å². The maximum atomic E-state index is 5.62. The molecule has 0 spiro atoms. The molecular formula is C16H24O2. The highest BCUT2D eigenvalue weighted by Gasteiger charge is 2.36. The van der Waals surface area contributed by atoms with E-state index >= 15 is 0 Å². The largest absolute Gasteiger partial charge is 0.494 e. The van der Waals surface area contributed by atoms with E-state index in [-0.39, 0.29) is 0 Å². The van der Waals surface area contributed by atoms with E-state index in [0.717, 1.165) is 31.6 Å². The molecule has 1 fully saturated rings. The molecule has 0 aromatic heterocycles. The lowest BCUT2D eigenvalue weighted by molar-refractivity contribution is 0.337. The van der Waals surface area contributed by atoms with Crippen LogP contribution in [0.2, 0.25) is 0 Å². The van der Waals surface area contributed by atoms with Crippen molar-refractivity contribution in [2.75, 3.05) is 6.61 Å². The zero-order valence-electron chi connectivity index (χ0n) is 12.0. The Morgan fingerprint density at radius 2 is 1.89 bits per heavy atom. The number of hydrogen-bond donors (Lipinski definition) is 0. The van der Waals surface area contributed by atoms with Crippen LogP contribution >= 0.6 is 0 Å². The molecule has 1 aliphatic heterocycles. The summed E-state index contributed by atoms with van der Waals surface area (Å²) in [6, 6.07) is 4.43. The Morgan fingerprint density at radius 3 is 2.50 bits per heavy atom. The van der Waals surface area contributed by atoms with Crippen molar-refractivity contribution in [2.45, 2.75) is 59.2 Å².